The van der Waals surface area contributed by atoms with Crippen molar-refractivity contribution in [3.8, 4) is 0 Å². The number of H-pyrrole nitrogens is 1. The molecule has 0 aromatic carbocycles. The third kappa shape index (κ3) is 1.26. The Balaban J connectivity index is 2.25. The number of carbonyl (C=O) groups excluding carboxylic acids is 1. The molecule has 3 N–H and O–H groups in total. The molecule has 0 atom stereocenters. The van der Waals surface area contributed by atoms with Gasteiger partial charge in [-0.1, -0.05) is 0 Å². The Bertz CT molecular complexity index is 344. The Morgan fingerprint density at radius 2 is 2.46 bits per heavy atom. The molecule has 0 radical (unpaired) electrons. The number of nitrogens with one attached hydrogen (secondary N) is 1. The van der Waals surface area contributed by atoms with E-state index < -0.39 is 0 Å². The maximum atomic E-state index is 10.9. The quantitative estimate of drug-likeness (QED) is 0.596. The zero-order chi connectivity index (χ0) is 9.42. The van der Waals surface area contributed by atoms with E-state index in [4.69, 9.17) is 5.73 Å². The van der Waals surface area contributed by atoms with Gasteiger partial charge in [-0.3, -0.25) is 5.10 Å². The van der Waals surface area contributed by atoms with E-state index in [1.165, 1.54) is 5.56 Å². The van der Waals surface area contributed by atoms with Gasteiger partial charge in [0.1, 0.15) is 0 Å². The minimum Gasteiger partial charge on any atom is -0.351 e. The highest BCUT2D eigenvalue weighted by atomic mass is 16.2. The molecule has 13 heavy (non-hydrogen) atoms. The highest BCUT2D eigenvalue weighted by molar-refractivity contribution is 5.72. The van der Waals surface area contributed by atoms with Crippen molar-refractivity contribution in [2.45, 2.75) is 19.9 Å². The molecule has 70 valence electrons. The van der Waals surface area contributed by atoms with Crippen LogP contribution in [0.3, 0.4) is 0 Å². The number of nitrogens with zero attached hydrogens (tertiary/aromatic N) is 2. The Kier molecular flexibility index (Phi) is 1.72. The molecular formula is C8H12N4O. The monoisotopic (exact) mass is 180 g/mol. The van der Waals surface area contributed by atoms with Crippen LogP contribution in [0.4, 0.5) is 4.79 Å². The van der Waals surface area contributed by atoms with E-state index in [-0.39, 0.29) is 6.03 Å². The molecule has 1 aromatic rings. The van der Waals surface area contributed by atoms with E-state index >= 15 is 0 Å². The van der Waals surface area contributed by atoms with Crippen molar-refractivity contribution < 1.29 is 4.79 Å². The summed E-state index contributed by atoms with van der Waals surface area (Å²) in [7, 11) is 0. The van der Waals surface area contributed by atoms with Gasteiger partial charge in [0.25, 0.3) is 0 Å². The summed E-state index contributed by atoms with van der Waals surface area (Å²) in [6, 6.07) is -0.369. The van der Waals surface area contributed by atoms with Gasteiger partial charge in [-0.15, -0.1) is 0 Å². The van der Waals surface area contributed by atoms with Gasteiger partial charge in [0, 0.05) is 12.2 Å². The molecule has 0 unspecified atom stereocenters. The first kappa shape index (κ1) is 8.10. The molecule has 0 bridgehead atoms. The summed E-state index contributed by atoms with van der Waals surface area (Å²) < 4.78 is 0. The normalized spacial score (nSPS) is 15.6. The number of aromatic amines is 1. The van der Waals surface area contributed by atoms with Crippen molar-refractivity contribution in [3.05, 3.63) is 17.0 Å². The van der Waals surface area contributed by atoms with Crippen LogP contribution in [0.5, 0.6) is 0 Å². The molecule has 5 nitrogen and oxygen atoms in total. The summed E-state index contributed by atoms with van der Waals surface area (Å²) in [5, 5.41) is 7.02. The van der Waals surface area contributed by atoms with Crippen LogP contribution >= 0.6 is 0 Å². The minimum atomic E-state index is -0.369. The van der Waals surface area contributed by atoms with E-state index in [1.807, 2.05) is 6.92 Å². The van der Waals surface area contributed by atoms with Crippen LogP contribution < -0.4 is 5.73 Å². The molecule has 0 spiro atoms. The number of primary amides is 1. The Morgan fingerprint density at radius 1 is 1.69 bits per heavy atom. The van der Waals surface area contributed by atoms with Crippen molar-refractivity contribution >= 4 is 6.03 Å². The van der Waals surface area contributed by atoms with Gasteiger partial charge >= 0.3 is 6.03 Å². The van der Waals surface area contributed by atoms with Crippen LogP contribution in [-0.2, 0) is 13.0 Å². The number of hydrogen-bond donors (Lipinski definition) is 2. The van der Waals surface area contributed by atoms with Gasteiger partial charge in [-0.25, -0.2) is 4.79 Å². The molecule has 1 aromatic heterocycles. The maximum Gasteiger partial charge on any atom is 0.315 e. The Hall–Kier alpha value is -1.52. The van der Waals surface area contributed by atoms with Crippen molar-refractivity contribution in [2.24, 2.45) is 5.73 Å². The number of hydrogen-bond acceptors (Lipinski definition) is 2. The summed E-state index contributed by atoms with van der Waals surface area (Å²) in [5.41, 5.74) is 8.46. The third-order valence-electron chi connectivity index (χ3n) is 2.44. The molecule has 0 fully saturated rings. The smallest absolute Gasteiger partial charge is 0.315 e. The summed E-state index contributed by atoms with van der Waals surface area (Å²) in [6.45, 7) is 3.23. The number of aryl methyl sites for hydroxylation is 1. The van der Waals surface area contributed by atoms with Crippen LogP contribution in [0, 0.1) is 6.92 Å². The predicted octanol–water partition coefficient (Wildman–Crippen LogP) is 0.155. The molecule has 2 heterocycles. The van der Waals surface area contributed by atoms with Crippen LogP contribution in [0.2, 0.25) is 0 Å². The first-order valence-electron chi connectivity index (χ1n) is 4.25. The van der Waals surface area contributed by atoms with Crippen LogP contribution in [0.15, 0.2) is 0 Å². The summed E-state index contributed by atoms with van der Waals surface area (Å²) in [5.74, 6) is 0. The zero-order valence-electron chi connectivity index (χ0n) is 7.50. The summed E-state index contributed by atoms with van der Waals surface area (Å²) in [6.07, 6.45) is 0.848. The van der Waals surface area contributed by atoms with Gasteiger partial charge in [-0.05, 0) is 18.9 Å². The number of carbonyl (C=O) groups is 1. The molecule has 5 heteroatoms. The minimum absolute atomic E-state index is 0.369. The Morgan fingerprint density at radius 3 is 3.15 bits per heavy atom. The molecule has 0 saturated heterocycles. The number of fused-ring (bicyclic) bond motifs is 1. The third-order valence-corrected chi connectivity index (χ3v) is 2.44. The van der Waals surface area contributed by atoms with Crippen LogP contribution in [0.1, 0.15) is 17.0 Å². The van der Waals surface area contributed by atoms with Crippen LogP contribution in [0.25, 0.3) is 0 Å². The highest BCUT2D eigenvalue weighted by Gasteiger charge is 2.21. The molecule has 1 aliphatic rings. The topological polar surface area (TPSA) is 75.0 Å². The molecular weight excluding hydrogens is 168 g/mol. The van der Waals surface area contributed by atoms with Crippen LogP contribution in [-0.4, -0.2) is 27.7 Å². The Labute approximate surface area is 75.9 Å². The number of aromatic nitrogens is 2. The number of urea groups is 1. The van der Waals surface area contributed by atoms with Crippen molar-refractivity contribution in [1.82, 2.24) is 15.1 Å². The second kappa shape index (κ2) is 2.76. The lowest BCUT2D eigenvalue weighted by Gasteiger charge is -2.24. The second-order valence-corrected chi connectivity index (χ2v) is 3.28. The number of nitrogens with two attached hydrogens (primary N) is 1. The molecule has 2 amide bonds. The first-order valence-corrected chi connectivity index (χ1v) is 4.25. The van der Waals surface area contributed by atoms with Gasteiger partial charge < -0.3 is 10.6 Å². The predicted molar refractivity (Wildman–Crippen MR) is 47.0 cm³/mol. The van der Waals surface area contributed by atoms with Gasteiger partial charge in [-0.2, -0.15) is 5.10 Å². The van der Waals surface area contributed by atoms with Gasteiger partial charge in [0.05, 0.1) is 12.2 Å². The lowest BCUT2D eigenvalue weighted by atomic mass is 10.1. The van der Waals surface area contributed by atoms with Gasteiger partial charge in [0.15, 0.2) is 0 Å². The zero-order valence-corrected chi connectivity index (χ0v) is 7.50. The van der Waals surface area contributed by atoms with E-state index in [2.05, 4.69) is 10.2 Å². The largest absolute Gasteiger partial charge is 0.351 e. The molecule has 2 rings (SSSR count). The molecule has 0 aliphatic carbocycles. The van der Waals surface area contributed by atoms with Gasteiger partial charge in [0.2, 0.25) is 0 Å². The molecule has 0 saturated carbocycles. The van der Waals surface area contributed by atoms with E-state index in [0.29, 0.717) is 13.1 Å². The van der Waals surface area contributed by atoms with E-state index in [1.54, 1.807) is 4.90 Å². The van der Waals surface area contributed by atoms with Crippen molar-refractivity contribution in [1.29, 1.82) is 0 Å². The summed E-state index contributed by atoms with van der Waals surface area (Å²) in [4.78, 5) is 12.5. The first-order chi connectivity index (χ1) is 6.18. The SMILES string of the molecule is Cc1[nH]nc2c1CCN(C(N)=O)C2. The average molecular weight is 180 g/mol. The average Bonchev–Trinajstić information content (AvgIpc) is 2.47. The van der Waals surface area contributed by atoms with Crippen molar-refractivity contribution in [2.75, 3.05) is 6.54 Å². The van der Waals surface area contributed by atoms with E-state index in [0.717, 1.165) is 17.8 Å². The fourth-order valence-corrected chi connectivity index (χ4v) is 1.66. The fraction of sp³-hybridized carbons (Fsp3) is 0.500. The fourth-order valence-electron chi connectivity index (χ4n) is 1.66. The highest BCUT2D eigenvalue weighted by Crippen LogP contribution is 2.18. The lowest BCUT2D eigenvalue weighted by molar-refractivity contribution is 0.201. The van der Waals surface area contributed by atoms with Crippen molar-refractivity contribution in [3.63, 3.8) is 0 Å². The summed E-state index contributed by atoms with van der Waals surface area (Å²) >= 11 is 0. The maximum absolute atomic E-state index is 10.9. The number of rotatable bonds is 0. The second-order valence-electron chi connectivity index (χ2n) is 3.28. The number of amides is 2. The standard InChI is InChI=1S/C8H12N4O/c1-5-6-2-3-12(8(9)13)4-7(6)11-10-5/h2-4H2,1H3,(H2,9,13)(H,10,11). The molecule has 1 aliphatic heterocycles. The van der Waals surface area contributed by atoms with E-state index in [9.17, 15) is 4.79 Å². The lowest BCUT2D eigenvalue weighted by Crippen LogP contribution is -2.39.